The Bertz CT molecular complexity index is 1170. The molecule has 0 fully saturated rings. The Hall–Kier alpha value is -3.18. The number of anilines is 1. The first-order valence-electron chi connectivity index (χ1n) is 9.50. The fourth-order valence-electron chi connectivity index (χ4n) is 3.90. The molecule has 29 heavy (non-hydrogen) atoms. The van der Waals surface area contributed by atoms with Gasteiger partial charge in [0.2, 0.25) is 5.91 Å². The molecule has 2 heterocycles. The van der Waals surface area contributed by atoms with Crippen LogP contribution in [0, 0.1) is 0 Å². The molecule has 0 saturated heterocycles. The van der Waals surface area contributed by atoms with Gasteiger partial charge in [-0.15, -0.1) is 0 Å². The van der Waals surface area contributed by atoms with Crippen molar-refractivity contribution in [3.8, 4) is 16.9 Å². The van der Waals surface area contributed by atoms with E-state index in [4.69, 9.17) is 5.10 Å². The summed E-state index contributed by atoms with van der Waals surface area (Å²) < 4.78 is 2.87. The fourth-order valence-corrected chi connectivity index (χ4v) is 4.16. The molecule has 4 nitrogen and oxygen atoms in total. The van der Waals surface area contributed by atoms with Crippen molar-refractivity contribution in [2.45, 2.75) is 12.3 Å². The van der Waals surface area contributed by atoms with Crippen LogP contribution >= 0.6 is 15.9 Å². The second-order valence-electron chi connectivity index (χ2n) is 7.08. The summed E-state index contributed by atoms with van der Waals surface area (Å²) in [7, 11) is 0. The molecule has 142 valence electrons. The van der Waals surface area contributed by atoms with Crippen molar-refractivity contribution in [3.05, 3.63) is 101 Å². The highest BCUT2D eigenvalue weighted by Gasteiger charge is 2.34. The minimum Gasteiger partial charge on any atom is -0.310 e. The molecular formula is C24H18BrN3O. The van der Waals surface area contributed by atoms with Crippen molar-refractivity contribution in [1.29, 1.82) is 0 Å². The summed E-state index contributed by atoms with van der Waals surface area (Å²) in [5, 5.41) is 8.03. The molecule has 0 saturated carbocycles. The van der Waals surface area contributed by atoms with Crippen LogP contribution in [0.15, 0.2) is 89.4 Å². The number of hydrogen-bond acceptors (Lipinski definition) is 2. The van der Waals surface area contributed by atoms with E-state index in [1.54, 1.807) is 0 Å². The lowest BCUT2D eigenvalue weighted by atomic mass is 9.84. The van der Waals surface area contributed by atoms with Gasteiger partial charge in [0.15, 0.2) is 0 Å². The van der Waals surface area contributed by atoms with E-state index in [0.717, 1.165) is 38.4 Å². The molecule has 5 heteroatoms. The molecular weight excluding hydrogens is 426 g/mol. The molecule has 5 rings (SSSR count). The Labute approximate surface area is 177 Å². The molecule has 1 unspecified atom stereocenters. The van der Waals surface area contributed by atoms with Gasteiger partial charge in [-0.25, -0.2) is 4.68 Å². The quantitative estimate of drug-likeness (QED) is 0.436. The number of carbonyl (C=O) groups excluding carboxylic acids is 1. The van der Waals surface area contributed by atoms with E-state index >= 15 is 0 Å². The summed E-state index contributed by atoms with van der Waals surface area (Å²) in [5.74, 6) is 0.695. The number of amides is 1. The van der Waals surface area contributed by atoms with Gasteiger partial charge < -0.3 is 5.32 Å². The molecule has 1 aliphatic rings. The van der Waals surface area contributed by atoms with Crippen molar-refractivity contribution in [3.63, 3.8) is 0 Å². The fraction of sp³-hybridized carbons (Fsp3) is 0.0833. The van der Waals surface area contributed by atoms with Gasteiger partial charge in [-0.2, -0.15) is 5.10 Å². The maximum Gasteiger partial charge on any atom is 0.226 e. The third-order valence-corrected chi connectivity index (χ3v) is 5.77. The summed E-state index contributed by atoms with van der Waals surface area (Å²) in [4.78, 5) is 12.6. The van der Waals surface area contributed by atoms with Gasteiger partial charge in [-0.3, -0.25) is 4.79 Å². The summed E-state index contributed by atoms with van der Waals surface area (Å²) in [5.41, 5.74) is 5.02. The van der Waals surface area contributed by atoms with Crippen LogP contribution in [0.5, 0.6) is 0 Å². The average Bonchev–Trinajstić information content (AvgIpc) is 3.14. The third kappa shape index (κ3) is 3.28. The van der Waals surface area contributed by atoms with Crippen LogP contribution in [-0.2, 0) is 4.79 Å². The van der Waals surface area contributed by atoms with E-state index in [1.807, 2.05) is 65.3 Å². The summed E-state index contributed by atoms with van der Waals surface area (Å²) >= 11 is 3.50. The van der Waals surface area contributed by atoms with Crippen molar-refractivity contribution < 1.29 is 4.79 Å². The molecule has 1 atom stereocenters. The standard InChI is InChI=1S/C24H18BrN3O/c25-18-13-11-16(12-14-18)20-15-21(29)26-24-22(20)23(17-7-3-1-4-8-17)27-28(24)19-9-5-2-6-10-19/h1-14,20H,15H2,(H,26,29). The Morgan fingerprint density at radius 3 is 2.24 bits per heavy atom. The van der Waals surface area contributed by atoms with E-state index in [-0.39, 0.29) is 11.8 Å². The number of carbonyl (C=O) groups is 1. The lowest BCUT2D eigenvalue weighted by Crippen LogP contribution is -2.24. The van der Waals surface area contributed by atoms with Gasteiger partial charge in [0, 0.05) is 27.9 Å². The smallest absolute Gasteiger partial charge is 0.226 e. The van der Waals surface area contributed by atoms with Crippen LogP contribution in [0.1, 0.15) is 23.5 Å². The number of rotatable bonds is 3. The topological polar surface area (TPSA) is 46.9 Å². The molecule has 1 aliphatic heterocycles. The molecule has 0 bridgehead atoms. The van der Waals surface area contributed by atoms with E-state index in [9.17, 15) is 4.79 Å². The zero-order valence-electron chi connectivity index (χ0n) is 15.5. The van der Waals surface area contributed by atoms with E-state index in [2.05, 4.69) is 45.5 Å². The summed E-state index contributed by atoms with van der Waals surface area (Å²) in [6, 6.07) is 28.3. The van der Waals surface area contributed by atoms with Gasteiger partial charge >= 0.3 is 0 Å². The lowest BCUT2D eigenvalue weighted by Gasteiger charge is -2.25. The number of halogens is 1. The van der Waals surface area contributed by atoms with Crippen LogP contribution in [0.3, 0.4) is 0 Å². The Balaban J connectivity index is 1.77. The predicted molar refractivity (Wildman–Crippen MR) is 118 cm³/mol. The van der Waals surface area contributed by atoms with Crippen LogP contribution in [0.25, 0.3) is 16.9 Å². The molecule has 1 amide bonds. The van der Waals surface area contributed by atoms with Crippen molar-refractivity contribution in [2.24, 2.45) is 0 Å². The predicted octanol–water partition coefficient (Wildman–Crippen LogP) is 5.78. The molecule has 3 aromatic carbocycles. The van der Waals surface area contributed by atoms with Crippen LogP contribution in [-0.4, -0.2) is 15.7 Å². The van der Waals surface area contributed by atoms with Crippen LogP contribution in [0.2, 0.25) is 0 Å². The molecule has 0 aliphatic carbocycles. The SMILES string of the molecule is O=C1CC(c2ccc(Br)cc2)c2c(-c3ccccc3)nn(-c3ccccc3)c2N1. The van der Waals surface area contributed by atoms with E-state index in [1.165, 1.54) is 0 Å². The zero-order chi connectivity index (χ0) is 19.8. The van der Waals surface area contributed by atoms with Crippen molar-refractivity contribution in [1.82, 2.24) is 9.78 Å². The minimum absolute atomic E-state index is 0.00196. The number of benzene rings is 3. The number of fused-ring (bicyclic) bond motifs is 1. The van der Waals surface area contributed by atoms with Crippen LogP contribution in [0.4, 0.5) is 5.82 Å². The Morgan fingerprint density at radius 2 is 1.55 bits per heavy atom. The zero-order valence-corrected chi connectivity index (χ0v) is 17.1. The Morgan fingerprint density at radius 1 is 0.897 bits per heavy atom. The maximum absolute atomic E-state index is 12.6. The largest absolute Gasteiger partial charge is 0.310 e. The third-order valence-electron chi connectivity index (χ3n) is 5.24. The lowest BCUT2D eigenvalue weighted by molar-refractivity contribution is -0.116. The highest BCUT2D eigenvalue weighted by atomic mass is 79.9. The van der Waals surface area contributed by atoms with Crippen molar-refractivity contribution in [2.75, 3.05) is 5.32 Å². The Kier molecular flexibility index (Phi) is 4.52. The number of hydrogen-bond donors (Lipinski definition) is 1. The minimum atomic E-state index is -0.0560. The number of nitrogens with zero attached hydrogens (tertiary/aromatic N) is 2. The van der Waals surface area contributed by atoms with Crippen LogP contribution < -0.4 is 5.32 Å². The summed E-state index contributed by atoms with van der Waals surface area (Å²) in [6.45, 7) is 0. The van der Waals surface area contributed by atoms with Crippen molar-refractivity contribution >= 4 is 27.7 Å². The number of aromatic nitrogens is 2. The van der Waals surface area contributed by atoms with Gasteiger partial charge in [0.1, 0.15) is 5.82 Å². The average molecular weight is 444 g/mol. The molecule has 1 N–H and O–H groups in total. The highest BCUT2D eigenvalue weighted by molar-refractivity contribution is 9.10. The monoisotopic (exact) mass is 443 g/mol. The maximum atomic E-state index is 12.6. The normalized spacial score (nSPS) is 15.6. The van der Waals surface area contributed by atoms with E-state index in [0.29, 0.717) is 6.42 Å². The van der Waals surface area contributed by atoms with Gasteiger partial charge in [0.05, 0.1) is 11.4 Å². The first-order chi connectivity index (χ1) is 14.2. The number of nitrogens with one attached hydrogen (secondary N) is 1. The first-order valence-corrected chi connectivity index (χ1v) is 10.3. The molecule has 0 radical (unpaired) electrons. The van der Waals surface area contributed by atoms with Gasteiger partial charge in [-0.05, 0) is 29.8 Å². The summed E-state index contributed by atoms with van der Waals surface area (Å²) in [6.07, 6.45) is 0.398. The molecule has 0 spiro atoms. The van der Waals surface area contributed by atoms with E-state index < -0.39 is 0 Å². The highest BCUT2D eigenvalue weighted by Crippen LogP contribution is 2.44. The molecule has 4 aromatic rings. The second-order valence-corrected chi connectivity index (χ2v) is 8.00. The first kappa shape index (κ1) is 17.9. The number of para-hydroxylation sites is 1. The van der Waals surface area contributed by atoms with Gasteiger partial charge in [-0.1, -0.05) is 76.6 Å². The van der Waals surface area contributed by atoms with Gasteiger partial charge in [0.25, 0.3) is 0 Å². The molecule has 1 aromatic heterocycles. The second kappa shape index (κ2) is 7.33.